The number of aryl methyl sites for hydroxylation is 1. The van der Waals surface area contributed by atoms with Crippen LogP contribution in [0.4, 0.5) is 0 Å². The molecule has 0 aliphatic carbocycles. The van der Waals surface area contributed by atoms with E-state index in [-0.39, 0.29) is 12.0 Å². The van der Waals surface area contributed by atoms with Gasteiger partial charge in [0.2, 0.25) is 0 Å². The van der Waals surface area contributed by atoms with Crippen molar-refractivity contribution in [1.29, 1.82) is 0 Å². The van der Waals surface area contributed by atoms with Gasteiger partial charge >= 0.3 is 0 Å². The SMILES string of the molecule is Cn1cc(CN(CCCO)CC(C)(C)C)c(-c2cccs2)n1. The van der Waals surface area contributed by atoms with Gasteiger partial charge in [-0.05, 0) is 23.3 Å². The molecule has 2 rings (SSSR count). The van der Waals surface area contributed by atoms with Gasteiger partial charge in [0.05, 0.1) is 4.88 Å². The second-order valence-electron chi connectivity index (χ2n) is 7.00. The Morgan fingerprint density at radius 1 is 1.36 bits per heavy atom. The molecule has 0 unspecified atom stereocenters. The fraction of sp³-hybridized carbons (Fsp3) is 0.588. The van der Waals surface area contributed by atoms with Gasteiger partial charge in [0, 0.05) is 45.0 Å². The molecule has 0 spiro atoms. The fourth-order valence-electron chi connectivity index (χ4n) is 2.69. The molecule has 0 bridgehead atoms. The average molecular weight is 321 g/mol. The van der Waals surface area contributed by atoms with E-state index >= 15 is 0 Å². The largest absolute Gasteiger partial charge is 0.396 e. The summed E-state index contributed by atoms with van der Waals surface area (Å²) in [5.74, 6) is 0. The molecule has 5 heteroatoms. The number of hydrogen-bond acceptors (Lipinski definition) is 4. The number of nitrogens with zero attached hydrogens (tertiary/aromatic N) is 3. The zero-order chi connectivity index (χ0) is 16.2. The van der Waals surface area contributed by atoms with Gasteiger partial charge in [0.1, 0.15) is 5.69 Å². The van der Waals surface area contributed by atoms with Crippen molar-refractivity contribution in [2.45, 2.75) is 33.7 Å². The molecule has 122 valence electrons. The van der Waals surface area contributed by atoms with Crippen molar-refractivity contribution >= 4 is 11.3 Å². The van der Waals surface area contributed by atoms with E-state index < -0.39 is 0 Å². The van der Waals surface area contributed by atoms with Crippen molar-refractivity contribution in [2.75, 3.05) is 19.7 Å². The summed E-state index contributed by atoms with van der Waals surface area (Å²) in [6.45, 7) is 9.79. The molecule has 0 amide bonds. The average Bonchev–Trinajstić information content (AvgIpc) is 3.03. The van der Waals surface area contributed by atoms with E-state index in [1.165, 1.54) is 10.4 Å². The number of aliphatic hydroxyl groups is 1. The highest BCUT2D eigenvalue weighted by Crippen LogP contribution is 2.28. The van der Waals surface area contributed by atoms with Gasteiger partial charge in [-0.3, -0.25) is 9.58 Å². The zero-order valence-electron chi connectivity index (χ0n) is 14.0. The van der Waals surface area contributed by atoms with Crippen LogP contribution in [0.5, 0.6) is 0 Å². The summed E-state index contributed by atoms with van der Waals surface area (Å²) in [5.41, 5.74) is 2.58. The number of thiophene rings is 1. The third-order valence-electron chi connectivity index (χ3n) is 3.38. The maximum atomic E-state index is 9.15. The Hall–Kier alpha value is -1.17. The Balaban J connectivity index is 2.18. The smallest absolute Gasteiger partial charge is 0.107 e. The fourth-order valence-corrected chi connectivity index (χ4v) is 3.44. The summed E-state index contributed by atoms with van der Waals surface area (Å²) in [6, 6.07) is 4.19. The third kappa shape index (κ3) is 4.93. The Bertz CT molecular complexity index is 569. The molecule has 0 aromatic carbocycles. The first-order valence-corrected chi connectivity index (χ1v) is 8.66. The predicted molar refractivity (Wildman–Crippen MR) is 93.0 cm³/mol. The van der Waals surface area contributed by atoms with Crippen LogP contribution in [0.25, 0.3) is 10.6 Å². The monoisotopic (exact) mass is 321 g/mol. The number of aromatic nitrogens is 2. The highest BCUT2D eigenvalue weighted by atomic mass is 32.1. The topological polar surface area (TPSA) is 41.3 Å². The molecule has 0 saturated carbocycles. The molecule has 22 heavy (non-hydrogen) atoms. The first-order valence-electron chi connectivity index (χ1n) is 7.78. The lowest BCUT2D eigenvalue weighted by Crippen LogP contribution is -2.33. The van der Waals surface area contributed by atoms with Crippen LogP contribution in [-0.4, -0.2) is 39.5 Å². The Morgan fingerprint density at radius 2 is 2.14 bits per heavy atom. The quantitative estimate of drug-likeness (QED) is 0.850. The number of hydrogen-bond donors (Lipinski definition) is 1. The minimum Gasteiger partial charge on any atom is -0.396 e. The molecule has 0 saturated heterocycles. The molecule has 1 N–H and O–H groups in total. The number of aliphatic hydroxyl groups excluding tert-OH is 1. The second kappa shape index (κ2) is 7.40. The van der Waals surface area contributed by atoms with Crippen LogP contribution < -0.4 is 0 Å². The van der Waals surface area contributed by atoms with Crippen LogP contribution in [0.1, 0.15) is 32.8 Å². The van der Waals surface area contributed by atoms with Gasteiger partial charge < -0.3 is 5.11 Å². The molecular formula is C17H27N3OS. The Morgan fingerprint density at radius 3 is 2.73 bits per heavy atom. The van der Waals surface area contributed by atoms with Crippen molar-refractivity contribution < 1.29 is 5.11 Å². The molecule has 0 atom stereocenters. The van der Waals surface area contributed by atoms with Crippen LogP contribution in [-0.2, 0) is 13.6 Å². The predicted octanol–water partition coefficient (Wildman–Crippen LogP) is 3.38. The van der Waals surface area contributed by atoms with E-state index in [4.69, 9.17) is 5.11 Å². The Kier molecular flexibility index (Phi) is 5.78. The van der Waals surface area contributed by atoms with Crippen LogP contribution in [0.2, 0.25) is 0 Å². The van der Waals surface area contributed by atoms with E-state index in [1.54, 1.807) is 11.3 Å². The van der Waals surface area contributed by atoms with Crippen molar-refractivity contribution in [3.63, 3.8) is 0 Å². The van der Waals surface area contributed by atoms with Gasteiger partial charge in [0.15, 0.2) is 0 Å². The minimum absolute atomic E-state index is 0.237. The highest BCUT2D eigenvalue weighted by Gasteiger charge is 2.19. The van der Waals surface area contributed by atoms with Crippen LogP contribution in [0.3, 0.4) is 0 Å². The molecule has 2 heterocycles. The summed E-state index contributed by atoms with van der Waals surface area (Å²) in [6.07, 6.45) is 2.92. The lowest BCUT2D eigenvalue weighted by atomic mass is 9.95. The van der Waals surface area contributed by atoms with E-state index in [2.05, 4.69) is 54.5 Å². The molecule has 2 aromatic heterocycles. The summed E-state index contributed by atoms with van der Waals surface area (Å²) in [5, 5.41) is 15.9. The maximum absolute atomic E-state index is 9.15. The van der Waals surface area contributed by atoms with Crippen molar-refractivity contribution in [2.24, 2.45) is 12.5 Å². The van der Waals surface area contributed by atoms with Gasteiger partial charge in [0.25, 0.3) is 0 Å². The van der Waals surface area contributed by atoms with E-state index in [0.717, 1.165) is 31.7 Å². The lowest BCUT2D eigenvalue weighted by molar-refractivity contribution is 0.166. The molecular weight excluding hydrogens is 294 g/mol. The van der Waals surface area contributed by atoms with Crippen molar-refractivity contribution in [3.8, 4) is 10.6 Å². The van der Waals surface area contributed by atoms with Crippen LogP contribution in [0, 0.1) is 5.41 Å². The van der Waals surface area contributed by atoms with Gasteiger partial charge in [-0.25, -0.2) is 0 Å². The van der Waals surface area contributed by atoms with Crippen LogP contribution >= 0.6 is 11.3 Å². The summed E-state index contributed by atoms with van der Waals surface area (Å²) < 4.78 is 1.89. The Labute approximate surface area is 137 Å². The molecule has 0 radical (unpaired) electrons. The third-order valence-corrected chi connectivity index (χ3v) is 4.26. The van der Waals surface area contributed by atoms with Crippen LogP contribution in [0.15, 0.2) is 23.7 Å². The normalized spacial score (nSPS) is 12.3. The van der Waals surface area contributed by atoms with Gasteiger partial charge in [-0.1, -0.05) is 26.8 Å². The van der Waals surface area contributed by atoms with E-state index in [9.17, 15) is 0 Å². The second-order valence-corrected chi connectivity index (χ2v) is 7.95. The molecule has 4 nitrogen and oxygen atoms in total. The van der Waals surface area contributed by atoms with Crippen molar-refractivity contribution in [1.82, 2.24) is 14.7 Å². The summed E-state index contributed by atoms with van der Waals surface area (Å²) in [7, 11) is 1.97. The van der Waals surface area contributed by atoms with E-state index in [0.29, 0.717) is 0 Å². The lowest BCUT2D eigenvalue weighted by Gasteiger charge is -2.29. The summed E-state index contributed by atoms with van der Waals surface area (Å²) in [4.78, 5) is 3.64. The molecule has 0 aliphatic rings. The molecule has 0 fully saturated rings. The van der Waals surface area contributed by atoms with Gasteiger partial charge in [-0.15, -0.1) is 11.3 Å². The molecule has 0 aliphatic heterocycles. The zero-order valence-corrected chi connectivity index (χ0v) is 14.9. The summed E-state index contributed by atoms with van der Waals surface area (Å²) >= 11 is 1.73. The highest BCUT2D eigenvalue weighted by molar-refractivity contribution is 7.13. The molecule has 2 aromatic rings. The maximum Gasteiger partial charge on any atom is 0.107 e. The standard InChI is InChI=1S/C17H27N3OS/c1-17(2,3)13-20(8-6-9-21)12-14-11-19(4)18-16(14)15-7-5-10-22-15/h5,7,10-11,21H,6,8-9,12-13H2,1-4H3. The van der Waals surface area contributed by atoms with E-state index in [1.807, 2.05) is 11.7 Å². The minimum atomic E-state index is 0.237. The first-order chi connectivity index (χ1) is 10.4. The number of rotatable bonds is 7. The van der Waals surface area contributed by atoms with Crippen molar-refractivity contribution in [3.05, 3.63) is 29.3 Å². The van der Waals surface area contributed by atoms with Gasteiger partial charge in [-0.2, -0.15) is 5.10 Å². The first kappa shape index (κ1) is 17.2.